The first kappa shape index (κ1) is 10.3. The molecule has 0 aromatic heterocycles. The van der Waals surface area contributed by atoms with E-state index in [1.54, 1.807) is 0 Å². The summed E-state index contributed by atoms with van der Waals surface area (Å²) in [6.07, 6.45) is 4.11. The van der Waals surface area contributed by atoms with Gasteiger partial charge in [0.2, 0.25) is 0 Å². The normalized spacial score (nSPS) is 19.1. The second-order valence-electron chi connectivity index (χ2n) is 3.46. The van der Waals surface area contributed by atoms with Gasteiger partial charge in [-0.15, -0.1) is 0 Å². The Labute approximate surface area is 79.2 Å². The number of nitrogens with one attached hydrogen (secondary N) is 1. The zero-order chi connectivity index (χ0) is 9.68. The van der Waals surface area contributed by atoms with E-state index in [2.05, 4.69) is 16.1 Å². The Morgan fingerprint density at radius 2 is 2.54 bits per heavy atom. The maximum absolute atomic E-state index is 11.1. The van der Waals surface area contributed by atoms with E-state index < -0.39 is 0 Å². The highest BCUT2D eigenvalue weighted by Gasteiger charge is 2.15. The molecule has 0 saturated carbocycles. The molecule has 3 heteroatoms. The van der Waals surface area contributed by atoms with Crippen LogP contribution in [0.3, 0.4) is 0 Å². The lowest BCUT2D eigenvalue weighted by Gasteiger charge is -2.16. The van der Waals surface area contributed by atoms with Crippen molar-refractivity contribution >= 4 is 5.97 Å². The van der Waals surface area contributed by atoms with Crippen LogP contribution in [-0.4, -0.2) is 26.2 Å². The van der Waals surface area contributed by atoms with Crippen molar-refractivity contribution in [2.45, 2.75) is 19.8 Å². The van der Waals surface area contributed by atoms with Gasteiger partial charge in [0.25, 0.3) is 0 Å². The summed E-state index contributed by atoms with van der Waals surface area (Å²) in [6, 6.07) is 0. The molecule has 0 bridgehead atoms. The highest BCUT2D eigenvalue weighted by molar-refractivity contribution is 5.72. The van der Waals surface area contributed by atoms with Crippen LogP contribution in [0.25, 0.3) is 0 Å². The molecule has 74 valence electrons. The zero-order valence-electron chi connectivity index (χ0n) is 8.30. The van der Waals surface area contributed by atoms with Gasteiger partial charge >= 0.3 is 5.97 Å². The molecule has 1 rings (SSSR count). The number of carbonyl (C=O) groups is 1. The lowest BCUT2D eigenvalue weighted by molar-refractivity contribution is -0.144. The molecule has 1 unspecified atom stereocenters. The van der Waals surface area contributed by atoms with Crippen molar-refractivity contribution in [3.63, 3.8) is 0 Å². The number of carbonyl (C=O) groups excluding carboxylic acids is 1. The summed E-state index contributed by atoms with van der Waals surface area (Å²) in [5.41, 5.74) is 1.32. The van der Waals surface area contributed by atoms with Gasteiger partial charge in [0.05, 0.1) is 13.0 Å². The predicted octanol–water partition coefficient (Wildman–Crippen LogP) is 1.11. The van der Waals surface area contributed by atoms with Gasteiger partial charge in [-0.3, -0.25) is 4.79 Å². The highest BCUT2D eigenvalue weighted by atomic mass is 16.5. The van der Waals surface area contributed by atoms with Crippen molar-refractivity contribution in [2.24, 2.45) is 5.92 Å². The van der Waals surface area contributed by atoms with E-state index in [0.29, 0.717) is 0 Å². The van der Waals surface area contributed by atoms with Gasteiger partial charge in [-0.1, -0.05) is 18.6 Å². The topological polar surface area (TPSA) is 38.3 Å². The molecule has 1 aliphatic rings. The van der Waals surface area contributed by atoms with E-state index in [0.717, 1.165) is 25.9 Å². The lowest BCUT2D eigenvalue weighted by atomic mass is 9.99. The Kier molecular flexibility index (Phi) is 3.96. The molecular formula is C10H17NO2. The first-order chi connectivity index (χ1) is 6.24. The van der Waals surface area contributed by atoms with Crippen molar-refractivity contribution in [1.82, 2.24) is 5.32 Å². The molecular weight excluding hydrogens is 166 g/mol. The van der Waals surface area contributed by atoms with Crippen LogP contribution in [-0.2, 0) is 9.53 Å². The number of hydrogen-bond donors (Lipinski definition) is 1. The zero-order valence-corrected chi connectivity index (χ0v) is 8.30. The Morgan fingerprint density at radius 3 is 3.08 bits per heavy atom. The monoisotopic (exact) mass is 183 g/mol. The molecule has 1 N–H and O–H groups in total. The number of ether oxygens (including phenoxy) is 1. The Morgan fingerprint density at radius 1 is 1.77 bits per heavy atom. The fourth-order valence-electron chi connectivity index (χ4n) is 1.53. The molecule has 1 heterocycles. The first-order valence-electron chi connectivity index (χ1n) is 4.70. The lowest BCUT2D eigenvalue weighted by Crippen LogP contribution is -2.24. The van der Waals surface area contributed by atoms with Gasteiger partial charge < -0.3 is 10.1 Å². The van der Waals surface area contributed by atoms with Gasteiger partial charge in [-0.25, -0.2) is 0 Å². The van der Waals surface area contributed by atoms with E-state index in [9.17, 15) is 4.79 Å². The average Bonchev–Trinajstić information content (AvgIpc) is 2.18. The third-order valence-electron chi connectivity index (χ3n) is 2.28. The van der Waals surface area contributed by atoms with E-state index in [4.69, 9.17) is 0 Å². The molecule has 0 radical (unpaired) electrons. The molecule has 1 aliphatic heterocycles. The Balaban J connectivity index is 2.38. The van der Waals surface area contributed by atoms with Crippen LogP contribution in [0.4, 0.5) is 0 Å². The Hall–Kier alpha value is -0.830. The third-order valence-corrected chi connectivity index (χ3v) is 2.28. The molecule has 0 fully saturated rings. The Bertz CT molecular complexity index is 211. The van der Waals surface area contributed by atoms with Gasteiger partial charge in [-0.05, 0) is 19.4 Å². The summed E-state index contributed by atoms with van der Waals surface area (Å²) in [5, 5.41) is 3.28. The van der Waals surface area contributed by atoms with Crippen LogP contribution >= 0.6 is 0 Å². The second kappa shape index (κ2) is 5.02. The molecule has 1 atom stereocenters. The minimum absolute atomic E-state index is 0.0175. The smallest absolute Gasteiger partial charge is 0.308 e. The third kappa shape index (κ3) is 3.19. The predicted molar refractivity (Wildman–Crippen MR) is 51.4 cm³/mol. The van der Waals surface area contributed by atoms with Crippen LogP contribution in [0.5, 0.6) is 0 Å². The maximum Gasteiger partial charge on any atom is 0.308 e. The molecule has 13 heavy (non-hydrogen) atoms. The largest absolute Gasteiger partial charge is 0.469 e. The summed E-state index contributed by atoms with van der Waals surface area (Å²) in [7, 11) is 1.44. The molecule has 0 spiro atoms. The SMILES string of the molecule is COC(=O)C(C)CC1=CCCNC1. The van der Waals surface area contributed by atoms with Crippen LogP contribution in [0, 0.1) is 5.92 Å². The summed E-state index contributed by atoms with van der Waals surface area (Å²) in [6.45, 7) is 3.87. The molecule has 0 aromatic carbocycles. The van der Waals surface area contributed by atoms with Gasteiger partial charge in [0, 0.05) is 6.54 Å². The number of rotatable bonds is 3. The van der Waals surface area contributed by atoms with Crippen molar-refractivity contribution in [1.29, 1.82) is 0 Å². The van der Waals surface area contributed by atoms with E-state index in [1.165, 1.54) is 12.7 Å². The molecule has 0 saturated heterocycles. The molecule has 0 aromatic rings. The fourth-order valence-corrected chi connectivity index (χ4v) is 1.53. The highest BCUT2D eigenvalue weighted by Crippen LogP contribution is 2.14. The van der Waals surface area contributed by atoms with Crippen molar-refractivity contribution in [3.05, 3.63) is 11.6 Å². The minimum Gasteiger partial charge on any atom is -0.469 e. The van der Waals surface area contributed by atoms with E-state index >= 15 is 0 Å². The number of hydrogen-bond acceptors (Lipinski definition) is 3. The maximum atomic E-state index is 11.1. The van der Waals surface area contributed by atoms with Crippen LogP contribution in [0.1, 0.15) is 19.8 Å². The van der Waals surface area contributed by atoms with Crippen molar-refractivity contribution in [2.75, 3.05) is 20.2 Å². The summed E-state index contributed by atoms with van der Waals surface area (Å²) >= 11 is 0. The fraction of sp³-hybridized carbons (Fsp3) is 0.700. The average molecular weight is 183 g/mol. The second-order valence-corrected chi connectivity index (χ2v) is 3.46. The summed E-state index contributed by atoms with van der Waals surface area (Å²) < 4.78 is 4.67. The standard InChI is InChI=1S/C10H17NO2/c1-8(10(12)13-2)6-9-4-3-5-11-7-9/h4,8,11H,3,5-7H2,1-2H3. The van der Waals surface area contributed by atoms with E-state index in [-0.39, 0.29) is 11.9 Å². The van der Waals surface area contributed by atoms with Crippen molar-refractivity contribution in [3.8, 4) is 0 Å². The minimum atomic E-state index is -0.119. The number of methoxy groups -OCH3 is 1. The van der Waals surface area contributed by atoms with Crippen LogP contribution < -0.4 is 5.32 Å². The van der Waals surface area contributed by atoms with Gasteiger partial charge in [-0.2, -0.15) is 0 Å². The van der Waals surface area contributed by atoms with Crippen LogP contribution in [0.15, 0.2) is 11.6 Å². The first-order valence-corrected chi connectivity index (χ1v) is 4.70. The molecule has 3 nitrogen and oxygen atoms in total. The number of esters is 1. The summed E-state index contributed by atoms with van der Waals surface area (Å²) in [4.78, 5) is 11.1. The van der Waals surface area contributed by atoms with E-state index in [1.807, 2.05) is 6.92 Å². The van der Waals surface area contributed by atoms with Crippen molar-refractivity contribution < 1.29 is 9.53 Å². The molecule has 0 aliphatic carbocycles. The van der Waals surface area contributed by atoms with Gasteiger partial charge in [0.1, 0.15) is 0 Å². The molecule has 0 amide bonds. The van der Waals surface area contributed by atoms with Crippen LogP contribution in [0.2, 0.25) is 0 Å². The van der Waals surface area contributed by atoms with Gasteiger partial charge in [0.15, 0.2) is 0 Å². The quantitative estimate of drug-likeness (QED) is 0.526. The summed E-state index contributed by atoms with van der Waals surface area (Å²) in [5.74, 6) is -0.136.